The second kappa shape index (κ2) is 11.7. The maximum Gasteiger partial charge on any atom is 0.325 e. The first-order chi connectivity index (χ1) is 18.3. The first kappa shape index (κ1) is 26.6. The normalized spacial score (nSPS) is 13.5. The van der Waals surface area contributed by atoms with Gasteiger partial charge >= 0.3 is 5.97 Å². The molecule has 0 radical (unpaired) electrons. The summed E-state index contributed by atoms with van der Waals surface area (Å²) in [6.07, 6.45) is 1.93. The molecule has 3 amide bonds. The number of ether oxygens (including phenoxy) is 1. The van der Waals surface area contributed by atoms with E-state index in [0.717, 1.165) is 23.9 Å². The predicted octanol–water partition coefficient (Wildman–Crippen LogP) is 1.67. The molecule has 12 nitrogen and oxygen atoms in total. The van der Waals surface area contributed by atoms with Crippen molar-refractivity contribution in [3.05, 3.63) is 59.4 Å². The number of carbonyl (C=O) groups excluding carboxylic acids is 4. The molecule has 1 aliphatic rings. The van der Waals surface area contributed by atoms with E-state index in [1.807, 2.05) is 0 Å². The number of phenolic OH excluding ortho intramolecular Hbond substituents is 1. The summed E-state index contributed by atoms with van der Waals surface area (Å²) < 4.78 is 6.62. The number of imidazole rings is 1. The summed E-state index contributed by atoms with van der Waals surface area (Å²) in [6.45, 7) is -0.260. The second-order valence-electron chi connectivity index (χ2n) is 9.06. The Morgan fingerprint density at radius 2 is 1.79 bits per heavy atom. The monoisotopic (exact) mass is 523 g/mol. The molecular formula is C26H29N5O7. The summed E-state index contributed by atoms with van der Waals surface area (Å²) in [5, 5.41) is 23.9. The van der Waals surface area contributed by atoms with Gasteiger partial charge in [-0.1, -0.05) is 12.1 Å². The topological polar surface area (TPSA) is 172 Å². The van der Waals surface area contributed by atoms with Crippen LogP contribution in [0.3, 0.4) is 0 Å². The minimum atomic E-state index is -0.668. The van der Waals surface area contributed by atoms with Crippen molar-refractivity contribution in [1.29, 1.82) is 0 Å². The maximum atomic E-state index is 12.8. The third-order valence-electron chi connectivity index (χ3n) is 6.24. The van der Waals surface area contributed by atoms with Gasteiger partial charge in [0.25, 0.3) is 5.91 Å². The zero-order valence-electron chi connectivity index (χ0n) is 20.8. The molecule has 5 N–H and O–H groups in total. The number of nitrogens with zero attached hydrogens (tertiary/aromatic N) is 2. The SMILES string of the molecule is COC(=O)CNC(=O)c1ccc2c(c1)nc(C(Cc1ccc(O)cc1)NC(=O)CCC(=O)NO)n2C1CC1. The van der Waals surface area contributed by atoms with Crippen molar-refractivity contribution in [1.82, 2.24) is 25.7 Å². The van der Waals surface area contributed by atoms with Crippen LogP contribution in [0.1, 0.15) is 59.5 Å². The molecule has 1 saturated carbocycles. The van der Waals surface area contributed by atoms with Gasteiger partial charge in [-0.3, -0.25) is 24.4 Å². The van der Waals surface area contributed by atoms with Crippen LogP contribution in [-0.2, 0) is 25.5 Å². The summed E-state index contributed by atoms with van der Waals surface area (Å²) in [7, 11) is 1.24. The lowest BCUT2D eigenvalue weighted by Gasteiger charge is -2.20. The third-order valence-corrected chi connectivity index (χ3v) is 6.24. The van der Waals surface area contributed by atoms with Gasteiger partial charge in [-0.25, -0.2) is 10.5 Å². The van der Waals surface area contributed by atoms with Gasteiger partial charge in [-0.05, 0) is 55.2 Å². The van der Waals surface area contributed by atoms with E-state index in [1.54, 1.807) is 42.5 Å². The Hall–Kier alpha value is -4.45. The second-order valence-corrected chi connectivity index (χ2v) is 9.06. The fourth-order valence-corrected chi connectivity index (χ4v) is 4.17. The molecule has 1 unspecified atom stereocenters. The van der Waals surface area contributed by atoms with E-state index in [9.17, 15) is 24.3 Å². The van der Waals surface area contributed by atoms with Crippen molar-refractivity contribution < 1.29 is 34.2 Å². The Morgan fingerprint density at radius 1 is 1.08 bits per heavy atom. The fraction of sp³-hybridized carbons (Fsp3) is 0.346. The van der Waals surface area contributed by atoms with Gasteiger partial charge in [-0.15, -0.1) is 0 Å². The Labute approximate surface area is 217 Å². The number of hydrogen-bond acceptors (Lipinski definition) is 8. The molecule has 1 fully saturated rings. The van der Waals surface area contributed by atoms with Crippen molar-refractivity contribution in [3.63, 3.8) is 0 Å². The smallest absolute Gasteiger partial charge is 0.325 e. The molecular weight excluding hydrogens is 494 g/mol. The average Bonchev–Trinajstić information content (AvgIpc) is 3.69. The van der Waals surface area contributed by atoms with Crippen LogP contribution in [-0.4, -0.2) is 57.2 Å². The lowest BCUT2D eigenvalue weighted by Crippen LogP contribution is -2.33. The molecule has 12 heteroatoms. The quantitative estimate of drug-likeness (QED) is 0.143. The molecule has 3 aromatic rings. The van der Waals surface area contributed by atoms with Crippen LogP contribution in [0.4, 0.5) is 0 Å². The van der Waals surface area contributed by atoms with E-state index in [0.29, 0.717) is 23.3 Å². The number of aromatic nitrogens is 2. The largest absolute Gasteiger partial charge is 0.508 e. The minimum absolute atomic E-state index is 0.118. The van der Waals surface area contributed by atoms with Crippen molar-refractivity contribution in [3.8, 4) is 5.75 Å². The number of carbonyl (C=O) groups is 4. The van der Waals surface area contributed by atoms with Crippen molar-refractivity contribution in [2.24, 2.45) is 0 Å². The van der Waals surface area contributed by atoms with Crippen LogP contribution in [0.2, 0.25) is 0 Å². The molecule has 0 aliphatic heterocycles. The number of hydrogen-bond donors (Lipinski definition) is 5. The molecule has 4 rings (SSSR count). The number of amides is 3. The van der Waals surface area contributed by atoms with Crippen molar-refractivity contribution in [2.75, 3.05) is 13.7 Å². The number of hydroxylamine groups is 1. The first-order valence-electron chi connectivity index (χ1n) is 12.2. The van der Waals surface area contributed by atoms with Gasteiger partial charge in [0.05, 0.1) is 24.2 Å². The Balaban J connectivity index is 1.66. The fourth-order valence-electron chi connectivity index (χ4n) is 4.17. The van der Waals surface area contributed by atoms with Gasteiger partial charge in [0.2, 0.25) is 11.8 Å². The van der Waals surface area contributed by atoms with Crippen LogP contribution < -0.4 is 16.1 Å². The highest BCUT2D eigenvalue weighted by Crippen LogP contribution is 2.40. The Kier molecular flexibility index (Phi) is 8.22. The average molecular weight is 524 g/mol. The highest BCUT2D eigenvalue weighted by Gasteiger charge is 2.32. The number of fused-ring (bicyclic) bond motifs is 1. The van der Waals surface area contributed by atoms with Gasteiger partial charge in [-0.2, -0.15) is 0 Å². The summed E-state index contributed by atoms with van der Waals surface area (Å²) in [6, 6.07) is 11.3. The molecule has 1 aromatic heterocycles. The molecule has 0 spiro atoms. The van der Waals surface area contributed by atoms with E-state index >= 15 is 0 Å². The van der Waals surface area contributed by atoms with Crippen molar-refractivity contribution in [2.45, 2.75) is 44.2 Å². The predicted molar refractivity (Wildman–Crippen MR) is 134 cm³/mol. The van der Waals surface area contributed by atoms with Crippen molar-refractivity contribution >= 4 is 34.7 Å². The number of aromatic hydroxyl groups is 1. The standard InChI is InChI=1S/C26H29N5O7/c1-38-24(35)14-27-26(36)16-4-9-21-19(13-16)29-25(31(21)17-5-6-17)20(12-15-2-7-18(32)8-3-15)28-22(33)10-11-23(34)30-37/h2-4,7-9,13,17,20,32,37H,5-6,10-12,14H2,1H3,(H,27,36)(H,28,33)(H,30,34). The van der Waals surface area contributed by atoms with Crippen LogP contribution in [0.15, 0.2) is 42.5 Å². The molecule has 1 heterocycles. The highest BCUT2D eigenvalue weighted by molar-refractivity contribution is 5.98. The molecule has 200 valence electrons. The summed E-state index contributed by atoms with van der Waals surface area (Å²) >= 11 is 0. The number of phenols is 1. The molecule has 2 aromatic carbocycles. The lowest BCUT2D eigenvalue weighted by atomic mass is 10.0. The van der Waals surface area contributed by atoms with E-state index in [2.05, 4.69) is 19.9 Å². The summed E-state index contributed by atoms with van der Waals surface area (Å²) in [5.41, 5.74) is 4.04. The maximum absolute atomic E-state index is 12.8. The van der Waals surface area contributed by atoms with Crippen LogP contribution in [0.25, 0.3) is 11.0 Å². The van der Waals surface area contributed by atoms with E-state index in [1.165, 1.54) is 12.6 Å². The van der Waals surface area contributed by atoms with Gasteiger partial charge in [0.1, 0.15) is 18.1 Å². The Morgan fingerprint density at radius 3 is 2.45 bits per heavy atom. The number of rotatable bonds is 11. The zero-order valence-corrected chi connectivity index (χ0v) is 20.8. The number of benzene rings is 2. The van der Waals surface area contributed by atoms with E-state index in [-0.39, 0.29) is 31.2 Å². The van der Waals surface area contributed by atoms with Gasteiger partial charge in [0, 0.05) is 24.4 Å². The Bertz CT molecular complexity index is 1350. The minimum Gasteiger partial charge on any atom is -0.508 e. The lowest BCUT2D eigenvalue weighted by molar-refractivity contribution is -0.139. The number of nitrogens with one attached hydrogen (secondary N) is 3. The highest BCUT2D eigenvalue weighted by atomic mass is 16.5. The molecule has 1 atom stereocenters. The number of methoxy groups -OCH3 is 1. The van der Waals surface area contributed by atoms with Crippen LogP contribution in [0, 0.1) is 0 Å². The molecule has 0 saturated heterocycles. The summed E-state index contributed by atoms with van der Waals surface area (Å²) in [4.78, 5) is 52.9. The first-order valence-corrected chi connectivity index (χ1v) is 12.2. The van der Waals surface area contributed by atoms with Crippen LogP contribution in [0.5, 0.6) is 5.75 Å². The zero-order chi connectivity index (χ0) is 27.2. The van der Waals surface area contributed by atoms with E-state index in [4.69, 9.17) is 10.2 Å². The molecule has 1 aliphatic carbocycles. The van der Waals surface area contributed by atoms with Gasteiger partial charge in [0.15, 0.2) is 0 Å². The van der Waals surface area contributed by atoms with E-state index < -0.39 is 29.7 Å². The third kappa shape index (κ3) is 6.45. The summed E-state index contributed by atoms with van der Waals surface area (Å²) in [5.74, 6) is -1.36. The molecule has 0 bridgehead atoms. The number of esters is 1. The molecule has 38 heavy (non-hydrogen) atoms. The van der Waals surface area contributed by atoms with Crippen LogP contribution >= 0.6 is 0 Å². The van der Waals surface area contributed by atoms with Gasteiger partial charge < -0.3 is 25.0 Å².